The predicted molar refractivity (Wildman–Crippen MR) is 130 cm³/mol. The monoisotopic (exact) mass is 457 g/mol. The Kier molecular flexibility index (Phi) is 7.91. The summed E-state index contributed by atoms with van der Waals surface area (Å²) < 4.78 is 0. The van der Waals surface area contributed by atoms with E-state index in [4.69, 9.17) is 22.2 Å². The number of rotatable bonds is 5. The van der Waals surface area contributed by atoms with Crippen LogP contribution in [0.25, 0.3) is 0 Å². The molecule has 9 heteroatoms. The first kappa shape index (κ1) is 22.2. The van der Waals surface area contributed by atoms with Gasteiger partial charge in [-0.2, -0.15) is 4.98 Å². The minimum Gasteiger partial charge on any atom is -0.360 e. The van der Waals surface area contributed by atoms with Crippen LogP contribution in [0.15, 0.2) is 34.7 Å². The zero-order valence-electron chi connectivity index (χ0n) is 18.1. The molecule has 1 aliphatic heterocycles. The summed E-state index contributed by atoms with van der Waals surface area (Å²) in [7, 11) is 0. The van der Waals surface area contributed by atoms with Gasteiger partial charge in [-0.3, -0.25) is 0 Å². The second-order valence-corrected chi connectivity index (χ2v) is 9.87. The van der Waals surface area contributed by atoms with Crippen LogP contribution in [-0.2, 0) is 0 Å². The van der Waals surface area contributed by atoms with E-state index in [1.54, 1.807) is 12.4 Å². The molecule has 0 spiro atoms. The lowest BCUT2D eigenvalue weighted by Crippen LogP contribution is -2.38. The molecule has 1 saturated heterocycles. The van der Waals surface area contributed by atoms with Crippen LogP contribution < -0.4 is 15.5 Å². The van der Waals surface area contributed by atoms with Gasteiger partial charge in [-0.1, -0.05) is 32.6 Å². The van der Waals surface area contributed by atoms with Crippen molar-refractivity contribution in [1.82, 2.24) is 25.3 Å². The number of nitrogens with one attached hydrogen (secondary N) is 2. The molecule has 2 fully saturated rings. The second-order valence-electron chi connectivity index (χ2n) is 8.48. The molecule has 0 aromatic carbocycles. The first-order valence-corrected chi connectivity index (χ1v) is 12.5. The van der Waals surface area contributed by atoms with Crippen LogP contribution in [0.5, 0.6) is 0 Å². The van der Waals surface area contributed by atoms with Crippen molar-refractivity contribution < 1.29 is 0 Å². The SMILES string of the molecule is CC1CCN(c2cc(Sc3ncccn3)nc(NC(=S)NC3CCCCCC3)n2)CC1. The molecule has 2 aliphatic rings. The number of thiocarbonyl (C=S) groups is 1. The van der Waals surface area contributed by atoms with Crippen LogP contribution in [-0.4, -0.2) is 44.2 Å². The Morgan fingerprint density at radius 1 is 1.03 bits per heavy atom. The maximum atomic E-state index is 5.60. The Hall–Kier alpha value is -2.00. The van der Waals surface area contributed by atoms with E-state index >= 15 is 0 Å². The fourth-order valence-electron chi connectivity index (χ4n) is 4.10. The summed E-state index contributed by atoms with van der Waals surface area (Å²) in [5.41, 5.74) is 0. The topological polar surface area (TPSA) is 78.9 Å². The zero-order chi connectivity index (χ0) is 21.5. The van der Waals surface area contributed by atoms with Gasteiger partial charge >= 0.3 is 0 Å². The van der Waals surface area contributed by atoms with Crippen LogP contribution >= 0.6 is 24.0 Å². The van der Waals surface area contributed by atoms with E-state index in [0.717, 1.165) is 29.9 Å². The highest BCUT2D eigenvalue weighted by Crippen LogP contribution is 2.29. The van der Waals surface area contributed by atoms with Gasteiger partial charge < -0.3 is 15.5 Å². The lowest BCUT2D eigenvalue weighted by molar-refractivity contribution is 0.436. The van der Waals surface area contributed by atoms with E-state index in [0.29, 0.717) is 22.3 Å². The average molecular weight is 458 g/mol. The Morgan fingerprint density at radius 3 is 2.45 bits per heavy atom. The van der Waals surface area contributed by atoms with Crippen molar-refractivity contribution in [2.75, 3.05) is 23.3 Å². The van der Waals surface area contributed by atoms with Gasteiger partial charge in [-0.15, -0.1) is 0 Å². The standard InChI is InChI=1S/C22H31N7S2/c1-16-9-13-29(14-10-16)18-15-19(31-22-23-11-6-12-24-22)27-20(26-18)28-21(30)25-17-7-4-2-3-5-8-17/h6,11-12,15-17H,2-5,7-10,13-14H2,1H3,(H2,25,26,27,28,30). The molecule has 2 aromatic heterocycles. The highest BCUT2D eigenvalue weighted by atomic mass is 32.2. The van der Waals surface area contributed by atoms with Gasteiger partial charge in [0.1, 0.15) is 10.8 Å². The third-order valence-corrected chi connectivity index (χ3v) is 6.98. The third kappa shape index (κ3) is 6.74. The minimum atomic E-state index is 0.431. The number of nitrogens with zero attached hydrogens (tertiary/aromatic N) is 5. The lowest BCUT2D eigenvalue weighted by Gasteiger charge is -2.31. The smallest absolute Gasteiger partial charge is 0.232 e. The van der Waals surface area contributed by atoms with Gasteiger partial charge in [0.15, 0.2) is 10.3 Å². The molecular formula is C22H31N7S2. The summed E-state index contributed by atoms with van der Waals surface area (Å²) in [4.78, 5) is 20.5. The third-order valence-electron chi connectivity index (χ3n) is 5.95. The van der Waals surface area contributed by atoms with Crippen molar-refractivity contribution in [3.63, 3.8) is 0 Å². The molecule has 7 nitrogen and oxygen atoms in total. The molecule has 4 rings (SSSR count). The van der Waals surface area contributed by atoms with E-state index in [-0.39, 0.29) is 0 Å². The molecule has 0 atom stereocenters. The van der Waals surface area contributed by atoms with Crippen molar-refractivity contribution in [2.24, 2.45) is 5.92 Å². The molecule has 0 radical (unpaired) electrons. The van der Waals surface area contributed by atoms with Gasteiger partial charge in [0.05, 0.1) is 0 Å². The Labute approximate surface area is 194 Å². The molecular weight excluding hydrogens is 426 g/mol. The molecule has 1 aliphatic carbocycles. The summed E-state index contributed by atoms with van der Waals surface area (Å²) >= 11 is 7.04. The second kappa shape index (κ2) is 11.0. The van der Waals surface area contributed by atoms with Gasteiger partial charge in [-0.05, 0) is 61.6 Å². The molecule has 0 amide bonds. The van der Waals surface area contributed by atoms with Crippen molar-refractivity contribution >= 4 is 40.9 Å². The number of aromatic nitrogens is 4. The van der Waals surface area contributed by atoms with Gasteiger partial charge in [-0.25, -0.2) is 15.0 Å². The molecule has 2 aromatic rings. The Bertz CT molecular complexity index is 848. The first-order chi connectivity index (χ1) is 15.2. The molecule has 31 heavy (non-hydrogen) atoms. The van der Waals surface area contributed by atoms with Crippen LogP contribution in [0, 0.1) is 5.92 Å². The molecule has 0 bridgehead atoms. The molecule has 1 saturated carbocycles. The molecule has 166 valence electrons. The van der Waals surface area contributed by atoms with E-state index in [1.807, 2.05) is 12.1 Å². The number of hydrogen-bond donors (Lipinski definition) is 2. The summed E-state index contributed by atoms with van der Waals surface area (Å²) in [6, 6.07) is 4.28. The summed E-state index contributed by atoms with van der Waals surface area (Å²) in [6.07, 6.45) is 13.3. The first-order valence-electron chi connectivity index (χ1n) is 11.3. The summed E-state index contributed by atoms with van der Waals surface area (Å²) in [6.45, 7) is 4.33. The Balaban J connectivity index is 1.49. The maximum Gasteiger partial charge on any atom is 0.232 e. The van der Waals surface area contributed by atoms with Crippen molar-refractivity contribution in [2.45, 2.75) is 74.5 Å². The average Bonchev–Trinajstić information content (AvgIpc) is 3.03. The Morgan fingerprint density at radius 2 is 1.74 bits per heavy atom. The fraction of sp³-hybridized carbons (Fsp3) is 0.591. The van der Waals surface area contributed by atoms with Gasteiger partial charge in [0.25, 0.3) is 0 Å². The van der Waals surface area contributed by atoms with Crippen LogP contribution in [0.2, 0.25) is 0 Å². The van der Waals surface area contributed by atoms with Crippen LogP contribution in [0.1, 0.15) is 58.3 Å². The number of anilines is 2. The van der Waals surface area contributed by atoms with E-state index in [9.17, 15) is 0 Å². The van der Waals surface area contributed by atoms with Crippen LogP contribution in [0.3, 0.4) is 0 Å². The lowest BCUT2D eigenvalue weighted by atomic mass is 9.99. The van der Waals surface area contributed by atoms with E-state index in [1.165, 1.54) is 63.1 Å². The number of piperidine rings is 1. The molecule has 0 unspecified atom stereocenters. The van der Waals surface area contributed by atoms with E-state index < -0.39 is 0 Å². The summed E-state index contributed by atoms with van der Waals surface area (Å²) in [5.74, 6) is 2.22. The fourth-order valence-corrected chi connectivity index (χ4v) is 5.07. The summed E-state index contributed by atoms with van der Waals surface area (Å²) in [5, 5.41) is 8.80. The minimum absolute atomic E-state index is 0.431. The molecule has 3 heterocycles. The van der Waals surface area contributed by atoms with E-state index in [2.05, 4.69) is 32.4 Å². The highest BCUT2D eigenvalue weighted by Gasteiger charge is 2.20. The maximum absolute atomic E-state index is 5.60. The van der Waals surface area contributed by atoms with Crippen molar-refractivity contribution in [1.29, 1.82) is 0 Å². The zero-order valence-corrected chi connectivity index (χ0v) is 19.7. The van der Waals surface area contributed by atoms with Crippen LogP contribution in [0.4, 0.5) is 11.8 Å². The predicted octanol–water partition coefficient (Wildman–Crippen LogP) is 4.66. The van der Waals surface area contributed by atoms with Gasteiger partial charge in [0, 0.05) is 37.6 Å². The quantitative estimate of drug-likeness (QED) is 0.288. The normalized spacial score (nSPS) is 18.4. The van der Waals surface area contributed by atoms with Crippen molar-refractivity contribution in [3.8, 4) is 0 Å². The highest BCUT2D eigenvalue weighted by molar-refractivity contribution is 7.99. The molecule has 2 N–H and O–H groups in total. The van der Waals surface area contributed by atoms with Gasteiger partial charge in [0.2, 0.25) is 5.95 Å². The number of hydrogen-bond acceptors (Lipinski definition) is 7. The van der Waals surface area contributed by atoms with Crippen molar-refractivity contribution in [3.05, 3.63) is 24.5 Å². The largest absolute Gasteiger partial charge is 0.360 e.